The van der Waals surface area contributed by atoms with E-state index in [2.05, 4.69) is 29.4 Å². The van der Waals surface area contributed by atoms with Crippen molar-refractivity contribution in [3.05, 3.63) is 107 Å². The van der Waals surface area contributed by atoms with Gasteiger partial charge in [-0.15, -0.1) is 0 Å². The van der Waals surface area contributed by atoms with Crippen LogP contribution in [0.2, 0.25) is 0 Å². The lowest BCUT2D eigenvalue weighted by molar-refractivity contribution is 0.445. The average molecular weight is 533 g/mol. The van der Waals surface area contributed by atoms with Crippen LogP contribution in [-0.4, -0.2) is 37.8 Å². The summed E-state index contributed by atoms with van der Waals surface area (Å²) in [6.45, 7) is 6.54. The lowest BCUT2D eigenvalue weighted by atomic mass is 9.97. The molecule has 0 radical (unpaired) electrons. The summed E-state index contributed by atoms with van der Waals surface area (Å²) in [7, 11) is 0. The molecule has 1 N–H and O–H groups in total. The molecule has 0 saturated carbocycles. The highest BCUT2D eigenvalue weighted by molar-refractivity contribution is 5.81. The van der Waals surface area contributed by atoms with Gasteiger partial charge in [0.25, 0.3) is 5.56 Å². The SMILES string of the molecule is CC(C)c1ccc(-c2ccc(Oc3cc4nc(C5CCNCC5)ncc4cc3Cn3ccccc3=O)cc2)nn1. The van der Waals surface area contributed by atoms with Crippen LogP contribution < -0.4 is 15.6 Å². The zero-order chi connectivity index (χ0) is 27.5. The van der Waals surface area contributed by atoms with Gasteiger partial charge in [0.05, 0.1) is 23.4 Å². The highest BCUT2D eigenvalue weighted by Gasteiger charge is 2.19. The first-order valence-electron chi connectivity index (χ1n) is 13.8. The maximum atomic E-state index is 12.5. The van der Waals surface area contributed by atoms with E-state index >= 15 is 0 Å². The third-order valence-corrected chi connectivity index (χ3v) is 7.38. The second-order valence-corrected chi connectivity index (χ2v) is 10.6. The first kappa shape index (κ1) is 25.8. The van der Waals surface area contributed by atoms with Gasteiger partial charge in [0.1, 0.15) is 17.3 Å². The number of fused-ring (bicyclic) bond motifs is 1. The van der Waals surface area contributed by atoms with Crippen LogP contribution in [0.5, 0.6) is 11.5 Å². The van der Waals surface area contributed by atoms with Crippen LogP contribution in [0.15, 0.2) is 83.9 Å². The second kappa shape index (κ2) is 11.4. The molecule has 1 aliphatic heterocycles. The minimum Gasteiger partial charge on any atom is -0.457 e. The van der Waals surface area contributed by atoms with Crippen LogP contribution in [0.25, 0.3) is 22.2 Å². The van der Waals surface area contributed by atoms with E-state index in [0.717, 1.165) is 65.2 Å². The molecule has 202 valence electrons. The van der Waals surface area contributed by atoms with Crippen molar-refractivity contribution in [2.45, 2.75) is 45.1 Å². The molecule has 0 aliphatic carbocycles. The maximum absolute atomic E-state index is 12.5. The Kier molecular flexibility index (Phi) is 7.33. The van der Waals surface area contributed by atoms with Crippen molar-refractivity contribution in [1.82, 2.24) is 30.0 Å². The standard InChI is InChI=1S/C32H32N6O2/c1-21(2)27-10-11-28(37-36-27)22-6-8-26(9-7-22)40-30-18-29-24(17-25(30)20-38-16-4-3-5-31(38)39)19-34-32(35-29)23-12-14-33-15-13-23/h3-11,16-19,21,23,33H,12-15,20H2,1-2H3. The third kappa shape index (κ3) is 5.62. The molecular weight excluding hydrogens is 500 g/mol. The zero-order valence-corrected chi connectivity index (χ0v) is 22.7. The fourth-order valence-electron chi connectivity index (χ4n) is 5.02. The Balaban J connectivity index is 1.33. The van der Waals surface area contributed by atoms with Crippen molar-refractivity contribution in [2.24, 2.45) is 0 Å². The Morgan fingerprint density at radius 2 is 1.82 bits per heavy atom. The third-order valence-electron chi connectivity index (χ3n) is 7.38. The molecule has 2 aromatic carbocycles. The minimum absolute atomic E-state index is 0.0694. The van der Waals surface area contributed by atoms with Gasteiger partial charge >= 0.3 is 0 Å². The summed E-state index contributed by atoms with van der Waals surface area (Å²) in [5, 5.41) is 13.1. The van der Waals surface area contributed by atoms with Crippen molar-refractivity contribution >= 4 is 10.9 Å². The molecule has 0 atom stereocenters. The van der Waals surface area contributed by atoms with Crippen LogP contribution in [0.3, 0.4) is 0 Å². The number of nitrogens with one attached hydrogen (secondary N) is 1. The summed E-state index contributed by atoms with van der Waals surface area (Å²) in [5.41, 5.74) is 4.38. The molecule has 0 spiro atoms. The molecule has 1 aliphatic rings. The molecule has 40 heavy (non-hydrogen) atoms. The normalized spacial score (nSPS) is 14.1. The van der Waals surface area contributed by atoms with E-state index in [4.69, 9.17) is 14.7 Å². The summed E-state index contributed by atoms with van der Waals surface area (Å²) in [5.74, 6) is 2.90. The van der Waals surface area contributed by atoms with Gasteiger partial charge in [-0.25, -0.2) is 9.97 Å². The second-order valence-electron chi connectivity index (χ2n) is 10.6. The molecule has 6 rings (SSSR count). The molecule has 8 heteroatoms. The van der Waals surface area contributed by atoms with Gasteiger partial charge < -0.3 is 14.6 Å². The number of benzene rings is 2. The Morgan fingerprint density at radius 1 is 1.00 bits per heavy atom. The molecule has 0 unspecified atom stereocenters. The highest BCUT2D eigenvalue weighted by atomic mass is 16.5. The van der Waals surface area contributed by atoms with Crippen LogP contribution in [0, 0.1) is 0 Å². The topological polar surface area (TPSA) is 94.8 Å². The summed E-state index contributed by atoms with van der Waals surface area (Å²) >= 11 is 0. The molecule has 3 aromatic heterocycles. The summed E-state index contributed by atoms with van der Waals surface area (Å²) < 4.78 is 8.10. The number of nitrogens with zero attached hydrogens (tertiary/aromatic N) is 5. The number of piperidine rings is 1. The van der Waals surface area contributed by atoms with Crippen molar-refractivity contribution in [1.29, 1.82) is 0 Å². The fourth-order valence-corrected chi connectivity index (χ4v) is 5.02. The van der Waals surface area contributed by atoms with E-state index in [0.29, 0.717) is 29.9 Å². The van der Waals surface area contributed by atoms with Gasteiger partial charge in [-0.3, -0.25) is 4.79 Å². The Bertz CT molecular complexity index is 1670. The first-order chi connectivity index (χ1) is 19.5. The van der Waals surface area contributed by atoms with Gasteiger partial charge in [0.2, 0.25) is 0 Å². The van der Waals surface area contributed by atoms with E-state index in [9.17, 15) is 4.79 Å². The van der Waals surface area contributed by atoms with Crippen molar-refractivity contribution < 1.29 is 4.74 Å². The summed E-state index contributed by atoms with van der Waals surface area (Å²) in [6, 6.07) is 21.0. The molecule has 8 nitrogen and oxygen atoms in total. The molecule has 4 heterocycles. The molecule has 5 aromatic rings. The van der Waals surface area contributed by atoms with Crippen molar-refractivity contribution in [2.75, 3.05) is 13.1 Å². The molecule has 1 fully saturated rings. The van der Waals surface area contributed by atoms with Crippen LogP contribution >= 0.6 is 0 Å². The van der Waals surface area contributed by atoms with E-state index < -0.39 is 0 Å². The number of rotatable bonds is 7. The highest BCUT2D eigenvalue weighted by Crippen LogP contribution is 2.32. The average Bonchev–Trinajstić information content (AvgIpc) is 2.99. The summed E-state index contributed by atoms with van der Waals surface area (Å²) in [4.78, 5) is 22.1. The predicted octanol–water partition coefficient (Wildman–Crippen LogP) is 5.68. The lowest BCUT2D eigenvalue weighted by Gasteiger charge is -2.21. The largest absolute Gasteiger partial charge is 0.457 e. The van der Waals surface area contributed by atoms with Gasteiger partial charge in [0, 0.05) is 47.0 Å². The van der Waals surface area contributed by atoms with Gasteiger partial charge in [-0.05, 0) is 80.4 Å². The Labute approximate surface area is 233 Å². The number of aromatic nitrogens is 5. The summed E-state index contributed by atoms with van der Waals surface area (Å²) in [6.07, 6.45) is 5.73. The van der Waals surface area contributed by atoms with E-state index in [1.54, 1.807) is 22.9 Å². The van der Waals surface area contributed by atoms with Gasteiger partial charge in [0.15, 0.2) is 0 Å². The maximum Gasteiger partial charge on any atom is 0.250 e. The quantitative estimate of drug-likeness (QED) is 0.288. The van der Waals surface area contributed by atoms with Crippen LogP contribution in [0.1, 0.15) is 55.6 Å². The number of ether oxygens (including phenoxy) is 1. The molecule has 0 bridgehead atoms. The minimum atomic E-state index is -0.0694. The number of pyridine rings is 1. The monoisotopic (exact) mass is 532 g/mol. The van der Waals surface area contributed by atoms with Gasteiger partial charge in [-0.2, -0.15) is 10.2 Å². The number of hydrogen-bond acceptors (Lipinski definition) is 7. The van der Waals surface area contributed by atoms with Gasteiger partial charge in [-0.1, -0.05) is 19.9 Å². The predicted molar refractivity (Wildman–Crippen MR) is 156 cm³/mol. The van der Waals surface area contributed by atoms with Crippen molar-refractivity contribution in [3.63, 3.8) is 0 Å². The van der Waals surface area contributed by atoms with Crippen LogP contribution in [0.4, 0.5) is 0 Å². The Morgan fingerprint density at radius 3 is 2.55 bits per heavy atom. The Hall–Kier alpha value is -4.43. The molecule has 0 amide bonds. The fraction of sp³-hybridized carbons (Fsp3) is 0.281. The van der Waals surface area contributed by atoms with E-state index in [1.807, 2.05) is 60.8 Å². The van der Waals surface area contributed by atoms with Crippen molar-refractivity contribution in [3.8, 4) is 22.8 Å². The first-order valence-corrected chi connectivity index (χ1v) is 13.8. The number of hydrogen-bond donors (Lipinski definition) is 1. The molecule has 1 saturated heterocycles. The molecular formula is C32H32N6O2. The van der Waals surface area contributed by atoms with E-state index in [-0.39, 0.29) is 5.56 Å². The smallest absolute Gasteiger partial charge is 0.250 e. The zero-order valence-electron chi connectivity index (χ0n) is 22.7. The van der Waals surface area contributed by atoms with E-state index in [1.165, 1.54) is 0 Å². The van der Waals surface area contributed by atoms with Crippen LogP contribution in [-0.2, 0) is 6.54 Å². The lowest BCUT2D eigenvalue weighted by Crippen LogP contribution is -2.27.